The molecule has 6 nitrogen and oxygen atoms in total. The highest BCUT2D eigenvalue weighted by Crippen LogP contribution is 2.42. The third-order valence-electron chi connectivity index (χ3n) is 6.79. The van der Waals surface area contributed by atoms with Gasteiger partial charge in [-0.15, -0.1) is 0 Å². The Kier molecular flexibility index (Phi) is 7.40. The van der Waals surface area contributed by atoms with Gasteiger partial charge in [-0.2, -0.15) is 0 Å². The normalized spacial score (nSPS) is 15.2. The molecule has 2 N–H and O–H groups in total. The molecular formula is C28H28F2N6. The molecular weight excluding hydrogens is 458 g/mol. The number of para-hydroxylation sites is 2. The zero-order chi connectivity index (χ0) is 24.7. The van der Waals surface area contributed by atoms with E-state index in [2.05, 4.69) is 30.6 Å². The van der Waals surface area contributed by atoms with E-state index in [-0.39, 0.29) is 11.6 Å². The molecule has 2 heterocycles. The summed E-state index contributed by atoms with van der Waals surface area (Å²) in [6.45, 7) is 0. The van der Waals surface area contributed by atoms with Crippen molar-refractivity contribution >= 4 is 23.3 Å². The Morgan fingerprint density at radius 3 is 1.28 bits per heavy atom. The van der Waals surface area contributed by atoms with Gasteiger partial charge >= 0.3 is 0 Å². The summed E-state index contributed by atoms with van der Waals surface area (Å²) < 4.78 is 27.9. The number of rotatable bonds is 6. The van der Waals surface area contributed by atoms with Crippen LogP contribution in [0.25, 0.3) is 0 Å². The first-order valence-corrected chi connectivity index (χ1v) is 12.3. The molecule has 0 bridgehead atoms. The average molecular weight is 487 g/mol. The van der Waals surface area contributed by atoms with Gasteiger partial charge in [-0.3, -0.25) is 0 Å². The van der Waals surface area contributed by atoms with Gasteiger partial charge in [-0.05, 0) is 72.9 Å². The number of halogens is 2. The molecule has 184 valence electrons. The van der Waals surface area contributed by atoms with Crippen molar-refractivity contribution in [3.63, 3.8) is 0 Å². The first-order valence-electron chi connectivity index (χ1n) is 12.3. The monoisotopic (exact) mass is 486 g/mol. The fraction of sp³-hybridized carbons (Fsp3) is 0.286. The molecule has 0 radical (unpaired) electrons. The molecule has 0 atom stereocenters. The van der Waals surface area contributed by atoms with E-state index in [0.29, 0.717) is 35.1 Å². The van der Waals surface area contributed by atoms with E-state index in [0.717, 1.165) is 36.8 Å². The van der Waals surface area contributed by atoms with Crippen molar-refractivity contribution in [2.75, 3.05) is 10.6 Å². The maximum absolute atomic E-state index is 13.9. The second kappa shape index (κ2) is 11.2. The number of aromatic nitrogens is 4. The van der Waals surface area contributed by atoms with Gasteiger partial charge in [0.2, 0.25) is 11.9 Å². The lowest BCUT2D eigenvalue weighted by Crippen LogP contribution is -2.12. The number of nitrogens with zero attached hydrogens (tertiary/aromatic N) is 4. The third-order valence-corrected chi connectivity index (χ3v) is 6.79. The molecule has 0 saturated heterocycles. The minimum atomic E-state index is -0.244. The predicted octanol–water partition coefficient (Wildman–Crippen LogP) is 7.25. The Morgan fingerprint density at radius 2 is 0.944 bits per heavy atom. The lowest BCUT2D eigenvalue weighted by Gasteiger charge is -2.28. The standard InChI is InChI=1S/2C14H14FN3/c2*15-12-7-2-6-11(10-4-1-5-10)13(12)18-14-16-8-3-9-17-14/h2*2-3,6-10H,1,4-5H2,(H,16,17,18). The number of hydrogen-bond acceptors (Lipinski definition) is 6. The van der Waals surface area contributed by atoms with Crippen LogP contribution in [-0.2, 0) is 0 Å². The quantitative estimate of drug-likeness (QED) is 0.299. The molecule has 2 aliphatic rings. The second-order valence-corrected chi connectivity index (χ2v) is 9.06. The Balaban J connectivity index is 0.000000148. The van der Waals surface area contributed by atoms with Crippen molar-refractivity contribution in [3.8, 4) is 0 Å². The lowest BCUT2D eigenvalue weighted by atomic mass is 9.79. The number of anilines is 4. The zero-order valence-corrected chi connectivity index (χ0v) is 19.9. The fourth-order valence-corrected chi connectivity index (χ4v) is 4.42. The maximum atomic E-state index is 13.9. The molecule has 2 aromatic heterocycles. The molecule has 0 amide bonds. The van der Waals surface area contributed by atoms with Crippen molar-refractivity contribution in [2.24, 2.45) is 0 Å². The Bertz CT molecular complexity index is 1180. The molecule has 2 aliphatic carbocycles. The lowest BCUT2D eigenvalue weighted by molar-refractivity contribution is 0.419. The smallest absolute Gasteiger partial charge is 0.227 e. The highest BCUT2D eigenvalue weighted by atomic mass is 19.1. The van der Waals surface area contributed by atoms with Crippen LogP contribution in [0.5, 0.6) is 0 Å². The molecule has 2 fully saturated rings. The molecule has 2 saturated carbocycles. The predicted molar refractivity (Wildman–Crippen MR) is 137 cm³/mol. The van der Waals surface area contributed by atoms with Crippen LogP contribution >= 0.6 is 0 Å². The highest BCUT2D eigenvalue weighted by molar-refractivity contribution is 5.61. The summed E-state index contributed by atoms with van der Waals surface area (Å²) in [7, 11) is 0. The van der Waals surface area contributed by atoms with E-state index in [1.165, 1.54) is 25.0 Å². The molecule has 6 rings (SSSR count). The van der Waals surface area contributed by atoms with Crippen molar-refractivity contribution < 1.29 is 8.78 Å². The Labute approximate surface area is 209 Å². The summed E-state index contributed by atoms with van der Waals surface area (Å²) in [5.74, 6) is 1.31. The number of nitrogens with one attached hydrogen (secondary N) is 2. The van der Waals surface area contributed by atoms with Crippen molar-refractivity contribution in [3.05, 3.63) is 96.1 Å². The first-order chi connectivity index (χ1) is 17.7. The number of benzene rings is 2. The van der Waals surface area contributed by atoms with Gasteiger partial charge in [0.25, 0.3) is 0 Å². The van der Waals surface area contributed by atoms with Crippen molar-refractivity contribution in [1.29, 1.82) is 0 Å². The highest BCUT2D eigenvalue weighted by Gasteiger charge is 2.25. The van der Waals surface area contributed by atoms with Crippen LogP contribution in [0.15, 0.2) is 73.3 Å². The van der Waals surface area contributed by atoms with Crippen LogP contribution in [0.1, 0.15) is 61.5 Å². The van der Waals surface area contributed by atoms with Crippen LogP contribution in [0.3, 0.4) is 0 Å². The van der Waals surface area contributed by atoms with Crippen molar-refractivity contribution in [1.82, 2.24) is 19.9 Å². The second-order valence-electron chi connectivity index (χ2n) is 9.06. The SMILES string of the molecule is Fc1cccc(C2CCC2)c1Nc1ncccn1.Fc1cccc(C2CCC2)c1Nc1ncccn1. The Morgan fingerprint density at radius 1 is 0.556 bits per heavy atom. The third kappa shape index (κ3) is 5.48. The van der Waals surface area contributed by atoms with Crippen LogP contribution in [-0.4, -0.2) is 19.9 Å². The van der Waals surface area contributed by atoms with Crippen LogP contribution in [0, 0.1) is 11.6 Å². The first kappa shape index (κ1) is 23.8. The molecule has 0 unspecified atom stereocenters. The van der Waals surface area contributed by atoms with E-state index in [1.54, 1.807) is 49.1 Å². The average Bonchev–Trinajstić information content (AvgIpc) is 2.83. The number of hydrogen-bond donors (Lipinski definition) is 2. The summed E-state index contributed by atoms with van der Waals surface area (Å²) >= 11 is 0. The van der Waals surface area contributed by atoms with Gasteiger partial charge in [0.1, 0.15) is 11.6 Å². The van der Waals surface area contributed by atoms with Crippen LogP contribution in [0.2, 0.25) is 0 Å². The van der Waals surface area contributed by atoms with E-state index in [9.17, 15) is 8.78 Å². The summed E-state index contributed by atoms with van der Waals surface area (Å²) in [6, 6.07) is 13.9. The van der Waals surface area contributed by atoms with E-state index in [1.807, 2.05) is 12.1 Å². The summed E-state index contributed by atoms with van der Waals surface area (Å²) in [5, 5.41) is 5.99. The summed E-state index contributed by atoms with van der Waals surface area (Å²) in [5.41, 5.74) is 3.12. The van der Waals surface area contributed by atoms with E-state index >= 15 is 0 Å². The van der Waals surface area contributed by atoms with Gasteiger partial charge in [0.15, 0.2) is 0 Å². The Hall–Kier alpha value is -3.94. The minimum absolute atomic E-state index is 0.244. The van der Waals surface area contributed by atoms with Gasteiger partial charge in [-0.25, -0.2) is 28.7 Å². The molecule has 0 spiro atoms. The molecule has 36 heavy (non-hydrogen) atoms. The van der Waals surface area contributed by atoms with E-state index in [4.69, 9.17) is 0 Å². The minimum Gasteiger partial charge on any atom is -0.321 e. The van der Waals surface area contributed by atoms with E-state index < -0.39 is 0 Å². The van der Waals surface area contributed by atoms with Crippen LogP contribution in [0.4, 0.5) is 32.1 Å². The van der Waals surface area contributed by atoms with Gasteiger partial charge in [0, 0.05) is 24.8 Å². The molecule has 4 aromatic rings. The largest absolute Gasteiger partial charge is 0.321 e. The fourth-order valence-electron chi connectivity index (χ4n) is 4.42. The topological polar surface area (TPSA) is 75.6 Å². The van der Waals surface area contributed by atoms with Gasteiger partial charge in [0.05, 0.1) is 11.4 Å². The summed E-state index contributed by atoms with van der Waals surface area (Å²) in [6.07, 6.45) is 13.5. The summed E-state index contributed by atoms with van der Waals surface area (Å²) in [4.78, 5) is 16.3. The molecule has 8 heteroatoms. The molecule has 2 aromatic carbocycles. The zero-order valence-electron chi connectivity index (χ0n) is 19.9. The van der Waals surface area contributed by atoms with Crippen molar-refractivity contribution in [2.45, 2.75) is 50.4 Å². The van der Waals surface area contributed by atoms with Gasteiger partial charge < -0.3 is 10.6 Å². The van der Waals surface area contributed by atoms with Crippen LogP contribution < -0.4 is 10.6 Å². The molecule has 0 aliphatic heterocycles. The van der Waals surface area contributed by atoms with Gasteiger partial charge in [-0.1, -0.05) is 37.1 Å². The maximum Gasteiger partial charge on any atom is 0.227 e.